The first kappa shape index (κ1) is 16.7. The second-order valence-electron chi connectivity index (χ2n) is 5.75. The van der Waals surface area contributed by atoms with Crippen molar-refractivity contribution in [2.45, 2.75) is 51.0 Å². The molecule has 1 heterocycles. The van der Waals surface area contributed by atoms with E-state index in [9.17, 15) is 9.90 Å². The van der Waals surface area contributed by atoms with Crippen molar-refractivity contribution in [2.75, 3.05) is 19.6 Å². The quantitative estimate of drug-likeness (QED) is 0.735. The minimum Gasteiger partial charge on any atom is -0.391 e. The summed E-state index contributed by atoms with van der Waals surface area (Å²) in [5.41, 5.74) is 0. The van der Waals surface area contributed by atoms with Crippen LogP contribution >= 0.6 is 12.4 Å². The van der Waals surface area contributed by atoms with Gasteiger partial charge in [-0.3, -0.25) is 4.79 Å². The standard InChI is InChI=1S/C14H26N2O2.ClH/c17-13(11-5-2-1-3-6-11)10-16-14(18)12-7-4-8-15-9-12;/h11-13,15,17H,1-10H2,(H,16,18);1H. The van der Waals surface area contributed by atoms with Crippen LogP contribution in [0.3, 0.4) is 0 Å². The van der Waals surface area contributed by atoms with Gasteiger partial charge in [-0.1, -0.05) is 19.3 Å². The molecular formula is C14H27ClN2O2. The first-order chi connectivity index (χ1) is 8.77. The largest absolute Gasteiger partial charge is 0.391 e. The predicted octanol–water partition coefficient (Wildman–Crippen LogP) is 1.47. The summed E-state index contributed by atoms with van der Waals surface area (Å²) in [4.78, 5) is 11.9. The van der Waals surface area contributed by atoms with E-state index in [4.69, 9.17) is 0 Å². The average molecular weight is 291 g/mol. The number of nitrogens with one attached hydrogen (secondary N) is 2. The van der Waals surface area contributed by atoms with Gasteiger partial charge in [0.25, 0.3) is 0 Å². The second-order valence-corrected chi connectivity index (χ2v) is 5.75. The molecule has 1 saturated carbocycles. The molecule has 0 aromatic heterocycles. The lowest BCUT2D eigenvalue weighted by Gasteiger charge is -2.28. The van der Waals surface area contributed by atoms with E-state index in [1.165, 1.54) is 19.3 Å². The highest BCUT2D eigenvalue weighted by Gasteiger charge is 2.24. The molecule has 4 nitrogen and oxygen atoms in total. The van der Waals surface area contributed by atoms with E-state index in [-0.39, 0.29) is 30.3 Å². The van der Waals surface area contributed by atoms with Crippen molar-refractivity contribution in [3.8, 4) is 0 Å². The van der Waals surface area contributed by atoms with Crippen LogP contribution < -0.4 is 10.6 Å². The Labute approximate surface area is 122 Å². The number of aliphatic hydroxyl groups is 1. The molecule has 2 aliphatic rings. The Bertz CT molecular complexity index is 264. The topological polar surface area (TPSA) is 61.4 Å². The lowest BCUT2D eigenvalue weighted by Crippen LogP contribution is -2.44. The van der Waals surface area contributed by atoms with Crippen molar-refractivity contribution in [3.05, 3.63) is 0 Å². The number of hydrogen-bond donors (Lipinski definition) is 3. The highest BCUT2D eigenvalue weighted by Crippen LogP contribution is 2.26. The SMILES string of the molecule is Cl.O=C(NCC(O)C1CCCCC1)C1CCCNC1. The number of halogens is 1. The van der Waals surface area contributed by atoms with E-state index in [1.807, 2.05) is 0 Å². The lowest BCUT2D eigenvalue weighted by atomic mass is 9.85. The monoisotopic (exact) mass is 290 g/mol. The van der Waals surface area contributed by atoms with Crippen LogP contribution in [0.2, 0.25) is 0 Å². The van der Waals surface area contributed by atoms with E-state index in [0.717, 1.165) is 38.8 Å². The lowest BCUT2D eigenvalue weighted by molar-refractivity contribution is -0.126. The van der Waals surface area contributed by atoms with Gasteiger partial charge in [0.05, 0.1) is 12.0 Å². The molecule has 1 saturated heterocycles. The Morgan fingerprint density at radius 3 is 2.58 bits per heavy atom. The van der Waals surface area contributed by atoms with Crippen molar-refractivity contribution >= 4 is 18.3 Å². The molecule has 0 radical (unpaired) electrons. The van der Waals surface area contributed by atoms with E-state index in [2.05, 4.69) is 10.6 Å². The molecule has 19 heavy (non-hydrogen) atoms. The van der Waals surface area contributed by atoms with Crippen molar-refractivity contribution in [1.29, 1.82) is 0 Å². The van der Waals surface area contributed by atoms with E-state index in [0.29, 0.717) is 12.5 Å². The fourth-order valence-corrected chi connectivity index (χ4v) is 3.11. The molecule has 1 aliphatic heterocycles. The highest BCUT2D eigenvalue weighted by molar-refractivity contribution is 5.85. The summed E-state index contributed by atoms with van der Waals surface area (Å²) in [7, 11) is 0. The number of piperidine rings is 1. The van der Waals surface area contributed by atoms with Crippen molar-refractivity contribution in [1.82, 2.24) is 10.6 Å². The molecule has 2 fully saturated rings. The number of carbonyl (C=O) groups is 1. The summed E-state index contributed by atoms with van der Waals surface area (Å²) in [5, 5.41) is 16.3. The van der Waals surface area contributed by atoms with Crippen LogP contribution in [0.4, 0.5) is 0 Å². The first-order valence-electron chi connectivity index (χ1n) is 7.44. The highest BCUT2D eigenvalue weighted by atomic mass is 35.5. The van der Waals surface area contributed by atoms with Gasteiger partial charge in [0.15, 0.2) is 0 Å². The maximum atomic E-state index is 11.9. The molecule has 1 amide bonds. The summed E-state index contributed by atoms with van der Waals surface area (Å²) in [6, 6.07) is 0. The van der Waals surface area contributed by atoms with Gasteiger partial charge in [0.2, 0.25) is 5.91 Å². The van der Waals surface area contributed by atoms with Crippen molar-refractivity contribution < 1.29 is 9.90 Å². The number of rotatable bonds is 4. The van der Waals surface area contributed by atoms with Gasteiger partial charge in [-0.15, -0.1) is 12.4 Å². The molecule has 5 heteroatoms. The fourth-order valence-electron chi connectivity index (χ4n) is 3.11. The third kappa shape index (κ3) is 5.28. The zero-order valence-corrected chi connectivity index (χ0v) is 12.4. The van der Waals surface area contributed by atoms with Crippen molar-refractivity contribution in [3.63, 3.8) is 0 Å². The first-order valence-corrected chi connectivity index (χ1v) is 7.44. The molecule has 0 aromatic carbocycles. The maximum Gasteiger partial charge on any atom is 0.224 e. The normalized spacial score (nSPS) is 26.3. The van der Waals surface area contributed by atoms with E-state index in [1.54, 1.807) is 0 Å². The molecular weight excluding hydrogens is 264 g/mol. The molecule has 1 aliphatic carbocycles. The molecule has 0 spiro atoms. The van der Waals surface area contributed by atoms with Crippen LogP contribution in [0.15, 0.2) is 0 Å². The van der Waals surface area contributed by atoms with E-state index >= 15 is 0 Å². The van der Waals surface area contributed by atoms with Gasteiger partial charge in [-0.05, 0) is 38.1 Å². The minimum absolute atomic E-state index is 0. The molecule has 2 rings (SSSR count). The van der Waals surface area contributed by atoms with E-state index < -0.39 is 0 Å². The van der Waals surface area contributed by atoms with Gasteiger partial charge < -0.3 is 15.7 Å². The van der Waals surface area contributed by atoms with Gasteiger partial charge in [0, 0.05) is 13.1 Å². The van der Waals surface area contributed by atoms with Crippen LogP contribution in [-0.4, -0.2) is 36.8 Å². The summed E-state index contributed by atoms with van der Waals surface area (Å²) in [5.74, 6) is 0.595. The summed E-state index contributed by atoms with van der Waals surface area (Å²) in [6.45, 7) is 2.24. The van der Waals surface area contributed by atoms with Gasteiger partial charge in [-0.25, -0.2) is 0 Å². The van der Waals surface area contributed by atoms with Gasteiger partial charge in [-0.2, -0.15) is 0 Å². The zero-order valence-electron chi connectivity index (χ0n) is 11.6. The number of hydrogen-bond acceptors (Lipinski definition) is 3. The minimum atomic E-state index is -0.356. The van der Waals surface area contributed by atoms with Crippen LogP contribution in [0.1, 0.15) is 44.9 Å². The smallest absolute Gasteiger partial charge is 0.224 e. The Hall–Kier alpha value is -0.320. The Morgan fingerprint density at radius 2 is 1.95 bits per heavy atom. The molecule has 3 N–H and O–H groups in total. The average Bonchev–Trinajstić information content (AvgIpc) is 2.46. The second kappa shape index (κ2) is 8.77. The number of carbonyl (C=O) groups excluding carboxylic acids is 1. The van der Waals surface area contributed by atoms with Crippen LogP contribution in [-0.2, 0) is 4.79 Å². The molecule has 0 aromatic rings. The molecule has 2 atom stereocenters. The Kier molecular flexibility index (Phi) is 7.73. The molecule has 0 bridgehead atoms. The third-order valence-electron chi connectivity index (χ3n) is 4.35. The third-order valence-corrected chi connectivity index (χ3v) is 4.35. The zero-order chi connectivity index (χ0) is 12.8. The van der Waals surface area contributed by atoms with Gasteiger partial charge in [0.1, 0.15) is 0 Å². The molecule has 2 unspecified atom stereocenters. The molecule has 112 valence electrons. The number of aliphatic hydroxyl groups excluding tert-OH is 1. The van der Waals surface area contributed by atoms with Crippen molar-refractivity contribution in [2.24, 2.45) is 11.8 Å². The van der Waals surface area contributed by atoms with Gasteiger partial charge >= 0.3 is 0 Å². The van der Waals surface area contributed by atoms with Crippen LogP contribution in [0.25, 0.3) is 0 Å². The summed E-state index contributed by atoms with van der Waals surface area (Å²) in [6.07, 6.45) is 7.66. The Morgan fingerprint density at radius 1 is 1.21 bits per heavy atom. The van der Waals surface area contributed by atoms with Crippen LogP contribution in [0, 0.1) is 11.8 Å². The maximum absolute atomic E-state index is 11.9. The summed E-state index contributed by atoms with van der Waals surface area (Å²) < 4.78 is 0. The predicted molar refractivity (Wildman–Crippen MR) is 78.4 cm³/mol. The number of amides is 1. The van der Waals surface area contributed by atoms with Crippen LogP contribution in [0.5, 0.6) is 0 Å². The summed E-state index contributed by atoms with van der Waals surface area (Å²) >= 11 is 0. The fraction of sp³-hybridized carbons (Fsp3) is 0.929. The Balaban J connectivity index is 0.00000180.